The standard InChI is InChI=1S/C15H25NO2/c1-5-13(4)16-9-14(17)10-18-15-7-11(2)6-12(3)8-15/h6-8,13-14,16-17H,5,9-10H2,1-4H3. The maximum atomic E-state index is 9.81. The third kappa shape index (κ3) is 5.52. The smallest absolute Gasteiger partial charge is 0.119 e. The van der Waals surface area contributed by atoms with Crippen LogP contribution < -0.4 is 10.1 Å². The van der Waals surface area contributed by atoms with Gasteiger partial charge in [-0.15, -0.1) is 0 Å². The van der Waals surface area contributed by atoms with Gasteiger partial charge >= 0.3 is 0 Å². The van der Waals surface area contributed by atoms with E-state index < -0.39 is 6.10 Å². The normalized spacial score (nSPS) is 14.3. The summed E-state index contributed by atoms with van der Waals surface area (Å²) >= 11 is 0. The van der Waals surface area contributed by atoms with E-state index in [1.54, 1.807) is 0 Å². The molecule has 0 saturated heterocycles. The van der Waals surface area contributed by atoms with E-state index in [1.807, 2.05) is 26.0 Å². The lowest BCUT2D eigenvalue weighted by Gasteiger charge is -2.16. The SMILES string of the molecule is CCC(C)NCC(O)COc1cc(C)cc(C)c1. The molecule has 1 rings (SSSR count). The molecule has 0 aliphatic rings. The molecule has 18 heavy (non-hydrogen) atoms. The molecule has 0 bridgehead atoms. The summed E-state index contributed by atoms with van der Waals surface area (Å²) in [5.41, 5.74) is 2.36. The van der Waals surface area contributed by atoms with E-state index in [0.29, 0.717) is 19.2 Å². The lowest BCUT2D eigenvalue weighted by atomic mass is 10.1. The maximum absolute atomic E-state index is 9.81. The van der Waals surface area contributed by atoms with E-state index in [4.69, 9.17) is 4.74 Å². The zero-order chi connectivity index (χ0) is 13.5. The Morgan fingerprint density at radius 1 is 1.22 bits per heavy atom. The molecule has 2 atom stereocenters. The van der Waals surface area contributed by atoms with E-state index >= 15 is 0 Å². The van der Waals surface area contributed by atoms with Crippen molar-refractivity contribution in [1.82, 2.24) is 5.32 Å². The Hall–Kier alpha value is -1.06. The van der Waals surface area contributed by atoms with Gasteiger partial charge in [0, 0.05) is 12.6 Å². The van der Waals surface area contributed by atoms with Crippen molar-refractivity contribution in [3.63, 3.8) is 0 Å². The molecule has 0 radical (unpaired) electrons. The van der Waals surface area contributed by atoms with Crippen molar-refractivity contribution in [2.75, 3.05) is 13.2 Å². The minimum absolute atomic E-state index is 0.326. The zero-order valence-electron chi connectivity index (χ0n) is 11.9. The van der Waals surface area contributed by atoms with Crippen LogP contribution in [0.4, 0.5) is 0 Å². The summed E-state index contributed by atoms with van der Waals surface area (Å²) in [6, 6.07) is 6.51. The van der Waals surface area contributed by atoms with Gasteiger partial charge in [0.15, 0.2) is 0 Å². The van der Waals surface area contributed by atoms with Gasteiger partial charge in [0.05, 0.1) is 0 Å². The highest BCUT2D eigenvalue weighted by atomic mass is 16.5. The molecule has 102 valence electrons. The lowest BCUT2D eigenvalue weighted by Crippen LogP contribution is -2.36. The topological polar surface area (TPSA) is 41.5 Å². The van der Waals surface area contributed by atoms with Crippen molar-refractivity contribution in [2.24, 2.45) is 0 Å². The van der Waals surface area contributed by atoms with Crippen LogP contribution in [-0.2, 0) is 0 Å². The largest absolute Gasteiger partial charge is 0.491 e. The second-order valence-corrected chi connectivity index (χ2v) is 5.01. The number of aryl methyl sites for hydroxylation is 2. The van der Waals surface area contributed by atoms with Crippen LogP contribution in [0.1, 0.15) is 31.4 Å². The molecule has 2 unspecified atom stereocenters. The number of aliphatic hydroxyl groups is 1. The third-order valence-electron chi connectivity index (χ3n) is 2.95. The Morgan fingerprint density at radius 3 is 2.39 bits per heavy atom. The summed E-state index contributed by atoms with van der Waals surface area (Å²) in [6.45, 7) is 9.21. The Bertz CT molecular complexity index is 345. The van der Waals surface area contributed by atoms with Gasteiger partial charge in [-0.25, -0.2) is 0 Å². The molecule has 0 heterocycles. The van der Waals surface area contributed by atoms with Gasteiger partial charge in [0.25, 0.3) is 0 Å². The average molecular weight is 251 g/mol. The number of nitrogens with one attached hydrogen (secondary N) is 1. The van der Waals surface area contributed by atoms with Crippen LogP contribution in [0.25, 0.3) is 0 Å². The number of hydrogen-bond acceptors (Lipinski definition) is 3. The van der Waals surface area contributed by atoms with Crippen LogP contribution in [0.5, 0.6) is 5.75 Å². The first-order chi connectivity index (χ1) is 8.51. The van der Waals surface area contributed by atoms with Gasteiger partial charge in [-0.1, -0.05) is 13.0 Å². The summed E-state index contributed by atoms with van der Waals surface area (Å²) in [4.78, 5) is 0. The van der Waals surface area contributed by atoms with Gasteiger partial charge in [-0.05, 0) is 50.5 Å². The van der Waals surface area contributed by atoms with Crippen molar-refractivity contribution in [3.8, 4) is 5.75 Å². The summed E-state index contributed by atoms with van der Waals surface area (Å²) in [6.07, 6.45) is 0.588. The van der Waals surface area contributed by atoms with Gasteiger partial charge in [0.2, 0.25) is 0 Å². The van der Waals surface area contributed by atoms with Crippen molar-refractivity contribution >= 4 is 0 Å². The molecular formula is C15H25NO2. The highest BCUT2D eigenvalue weighted by Gasteiger charge is 2.07. The Morgan fingerprint density at radius 2 is 1.83 bits per heavy atom. The minimum Gasteiger partial charge on any atom is -0.491 e. The Balaban J connectivity index is 2.35. The molecule has 0 spiro atoms. The quantitative estimate of drug-likeness (QED) is 0.782. The first-order valence-corrected chi connectivity index (χ1v) is 6.63. The predicted octanol–water partition coefficient (Wildman–Crippen LogP) is 2.43. The second-order valence-electron chi connectivity index (χ2n) is 5.01. The molecule has 1 aromatic carbocycles. The second kappa shape index (κ2) is 7.39. The number of ether oxygens (including phenoxy) is 1. The monoisotopic (exact) mass is 251 g/mol. The van der Waals surface area contributed by atoms with Crippen molar-refractivity contribution in [1.29, 1.82) is 0 Å². The maximum Gasteiger partial charge on any atom is 0.119 e. The van der Waals surface area contributed by atoms with E-state index in [-0.39, 0.29) is 0 Å². The molecule has 2 N–H and O–H groups in total. The van der Waals surface area contributed by atoms with E-state index in [9.17, 15) is 5.11 Å². The van der Waals surface area contributed by atoms with E-state index in [0.717, 1.165) is 12.2 Å². The summed E-state index contributed by atoms with van der Waals surface area (Å²) in [5, 5.41) is 13.1. The molecule has 0 aliphatic heterocycles. The Labute approximate surface area is 110 Å². The summed E-state index contributed by atoms with van der Waals surface area (Å²) in [5.74, 6) is 0.829. The van der Waals surface area contributed by atoms with Gasteiger partial charge in [-0.2, -0.15) is 0 Å². The number of rotatable bonds is 7. The predicted molar refractivity (Wildman–Crippen MR) is 75.2 cm³/mol. The fraction of sp³-hybridized carbons (Fsp3) is 0.600. The molecule has 3 nitrogen and oxygen atoms in total. The van der Waals surface area contributed by atoms with Gasteiger partial charge in [0.1, 0.15) is 18.5 Å². The van der Waals surface area contributed by atoms with Crippen LogP contribution in [-0.4, -0.2) is 30.4 Å². The lowest BCUT2D eigenvalue weighted by molar-refractivity contribution is 0.104. The fourth-order valence-electron chi connectivity index (χ4n) is 1.75. The minimum atomic E-state index is -0.472. The molecule has 0 amide bonds. The first kappa shape index (κ1) is 15.0. The molecule has 3 heteroatoms. The first-order valence-electron chi connectivity index (χ1n) is 6.63. The Kier molecular flexibility index (Phi) is 6.16. The van der Waals surface area contributed by atoms with Crippen molar-refractivity contribution in [2.45, 2.75) is 46.3 Å². The van der Waals surface area contributed by atoms with Crippen LogP contribution >= 0.6 is 0 Å². The van der Waals surface area contributed by atoms with Crippen LogP contribution in [0.15, 0.2) is 18.2 Å². The molecule has 0 fully saturated rings. The van der Waals surface area contributed by atoms with Crippen molar-refractivity contribution in [3.05, 3.63) is 29.3 Å². The zero-order valence-corrected chi connectivity index (χ0v) is 11.9. The number of benzene rings is 1. The van der Waals surface area contributed by atoms with Gasteiger partial charge in [-0.3, -0.25) is 0 Å². The number of aliphatic hydroxyl groups excluding tert-OH is 1. The number of hydrogen-bond donors (Lipinski definition) is 2. The van der Waals surface area contributed by atoms with E-state index in [1.165, 1.54) is 11.1 Å². The summed E-state index contributed by atoms with van der Waals surface area (Å²) in [7, 11) is 0. The molecule has 0 aromatic heterocycles. The van der Waals surface area contributed by atoms with E-state index in [2.05, 4.69) is 25.2 Å². The molecule has 0 aliphatic carbocycles. The van der Waals surface area contributed by atoms with Crippen molar-refractivity contribution < 1.29 is 9.84 Å². The van der Waals surface area contributed by atoms with Crippen LogP contribution in [0.3, 0.4) is 0 Å². The highest BCUT2D eigenvalue weighted by Crippen LogP contribution is 2.16. The highest BCUT2D eigenvalue weighted by molar-refractivity contribution is 5.32. The molecule has 0 saturated carbocycles. The van der Waals surface area contributed by atoms with Crippen LogP contribution in [0.2, 0.25) is 0 Å². The fourth-order valence-corrected chi connectivity index (χ4v) is 1.75. The molecular weight excluding hydrogens is 226 g/mol. The average Bonchev–Trinajstić information content (AvgIpc) is 2.32. The van der Waals surface area contributed by atoms with Gasteiger partial charge < -0.3 is 15.2 Å². The third-order valence-corrected chi connectivity index (χ3v) is 2.95. The summed E-state index contributed by atoms with van der Waals surface area (Å²) < 4.78 is 5.61. The molecule has 1 aromatic rings. The van der Waals surface area contributed by atoms with Crippen LogP contribution in [0, 0.1) is 13.8 Å².